The molecule has 1 aliphatic rings. The number of hydrogen-bond acceptors (Lipinski definition) is 12. The zero-order chi connectivity index (χ0) is 28.7. The molecule has 0 spiro atoms. The first-order chi connectivity index (χ1) is 16.9. The maximum Gasteiger partial charge on any atom is 0.471 e. The summed E-state index contributed by atoms with van der Waals surface area (Å²) in [6, 6.07) is -3.84. The standard InChI is InChI=1S/C19H25F3N2O12S/c1-8(25)33-7-13(34-9(2)26)15(35-10(3)27)16-14(23-18(29)19(20,21)22)11(24-37(5,30)31)6-12(36-16)17(28)32-4/h6,11,13-16,24H,7H2,1-5H3,(H,23,29)/t11-,13-,14-,15-,16-/m1/s1. The summed E-state index contributed by atoms with van der Waals surface area (Å²) < 4.78 is 90.0. The first-order valence-electron chi connectivity index (χ1n) is 10.1. The van der Waals surface area contributed by atoms with Crippen molar-refractivity contribution in [1.29, 1.82) is 0 Å². The van der Waals surface area contributed by atoms with Crippen LogP contribution in [-0.4, -0.2) is 94.7 Å². The van der Waals surface area contributed by atoms with Gasteiger partial charge in [0, 0.05) is 20.8 Å². The minimum atomic E-state index is -5.46. The van der Waals surface area contributed by atoms with E-state index in [1.807, 2.05) is 4.72 Å². The summed E-state index contributed by atoms with van der Waals surface area (Å²) in [5.41, 5.74) is 0. The fraction of sp³-hybridized carbons (Fsp3) is 0.632. The first kappa shape index (κ1) is 31.6. The quantitative estimate of drug-likeness (QED) is 0.240. The van der Waals surface area contributed by atoms with Crippen LogP contribution in [0.4, 0.5) is 13.2 Å². The number of sulfonamides is 1. The number of amides is 1. The van der Waals surface area contributed by atoms with Crippen LogP contribution in [0.3, 0.4) is 0 Å². The fourth-order valence-electron chi connectivity index (χ4n) is 3.13. The molecule has 210 valence electrons. The van der Waals surface area contributed by atoms with Gasteiger partial charge in [0.25, 0.3) is 0 Å². The number of halogens is 3. The monoisotopic (exact) mass is 562 g/mol. The van der Waals surface area contributed by atoms with Gasteiger partial charge in [-0.25, -0.2) is 17.9 Å². The van der Waals surface area contributed by atoms with E-state index in [4.69, 9.17) is 18.9 Å². The van der Waals surface area contributed by atoms with Gasteiger partial charge < -0.3 is 29.0 Å². The zero-order valence-corrected chi connectivity index (χ0v) is 20.9. The van der Waals surface area contributed by atoms with Crippen molar-refractivity contribution in [3.05, 3.63) is 11.8 Å². The molecule has 0 aliphatic carbocycles. The van der Waals surface area contributed by atoms with Gasteiger partial charge in [-0.05, 0) is 6.08 Å². The highest BCUT2D eigenvalue weighted by Crippen LogP contribution is 2.28. The predicted octanol–water partition coefficient (Wildman–Crippen LogP) is -1.17. The molecule has 1 aliphatic heterocycles. The van der Waals surface area contributed by atoms with Gasteiger partial charge in [0.1, 0.15) is 6.61 Å². The van der Waals surface area contributed by atoms with Gasteiger partial charge in [0.05, 0.1) is 25.4 Å². The molecule has 5 atom stereocenters. The van der Waals surface area contributed by atoms with Crippen LogP contribution < -0.4 is 10.0 Å². The Morgan fingerprint density at radius 3 is 2.05 bits per heavy atom. The summed E-state index contributed by atoms with van der Waals surface area (Å²) in [7, 11) is -3.31. The Kier molecular flexibility index (Phi) is 10.9. The average Bonchev–Trinajstić information content (AvgIpc) is 2.73. The molecule has 0 aromatic carbocycles. The molecule has 0 fully saturated rings. The molecule has 0 unspecified atom stereocenters. The minimum absolute atomic E-state index is 0.637. The highest BCUT2D eigenvalue weighted by Gasteiger charge is 2.51. The highest BCUT2D eigenvalue weighted by atomic mass is 32.2. The van der Waals surface area contributed by atoms with E-state index in [-0.39, 0.29) is 0 Å². The molecule has 1 amide bonds. The normalized spacial score (nSPS) is 21.3. The molecule has 0 radical (unpaired) electrons. The lowest BCUT2D eigenvalue weighted by atomic mass is 9.92. The summed E-state index contributed by atoms with van der Waals surface area (Å²) in [5.74, 6) is -7.54. The lowest BCUT2D eigenvalue weighted by Gasteiger charge is -2.41. The van der Waals surface area contributed by atoms with Crippen molar-refractivity contribution in [3.8, 4) is 0 Å². The SMILES string of the molecule is COC(=O)C1=C[C@@H](NS(C)(=O)=O)[C@@H](NC(=O)C(F)(F)F)[C@H]([C@H](OC(C)=O)[C@@H](COC(C)=O)OC(C)=O)O1. The molecule has 0 saturated heterocycles. The molecule has 0 saturated carbocycles. The zero-order valence-electron chi connectivity index (χ0n) is 20.1. The van der Waals surface area contributed by atoms with E-state index in [9.17, 15) is 45.6 Å². The van der Waals surface area contributed by atoms with E-state index >= 15 is 0 Å². The maximum absolute atomic E-state index is 13.1. The van der Waals surface area contributed by atoms with Crippen molar-refractivity contribution in [2.45, 2.75) is 57.3 Å². The number of nitrogens with one attached hydrogen (secondary N) is 2. The molecule has 14 nitrogen and oxygen atoms in total. The van der Waals surface area contributed by atoms with Crippen molar-refractivity contribution in [2.75, 3.05) is 20.0 Å². The molecule has 2 N–H and O–H groups in total. The third-order valence-corrected chi connectivity index (χ3v) is 5.09. The highest BCUT2D eigenvalue weighted by molar-refractivity contribution is 7.88. The Morgan fingerprint density at radius 2 is 1.62 bits per heavy atom. The average molecular weight is 562 g/mol. The molecular weight excluding hydrogens is 537 g/mol. The summed E-state index contributed by atoms with van der Waals surface area (Å²) in [6.45, 7) is 1.93. The molecule has 37 heavy (non-hydrogen) atoms. The van der Waals surface area contributed by atoms with Gasteiger partial charge in [-0.1, -0.05) is 0 Å². The van der Waals surface area contributed by atoms with E-state index in [1.165, 1.54) is 5.32 Å². The van der Waals surface area contributed by atoms with Crippen LogP contribution in [0.2, 0.25) is 0 Å². The van der Waals surface area contributed by atoms with Crippen LogP contribution in [0.25, 0.3) is 0 Å². The van der Waals surface area contributed by atoms with Gasteiger partial charge in [-0.3, -0.25) is 19.2 Å². The molecule has 18 heteroatoms. The van der Waals surface area contributed by atoms with Crippen molar-refractivity contribution in [1.82, 2.24) is 10.0 Å². The number of esters is 4. The van der Waals surface area contributed by atoms with Crippen LogP contribution in [-0.2, 0) is 57.7 Å². The predicted molar refractivity (Wildman–Crippen MR) is 112 cm³/mol. The maximum atomic E-state index is 13.1. The Morgan fingerprint density at radius 1 is 1.05 bits per heavy atom. The van der Waals surface area contributed by atoms with Crippen LogP contribution in [0.1, 0.15) is 20.8 Å². The van der Waals surface area contributed by atoms with Gasteiger partial charge in [0.2, 0.25) is 15.8 Å². The lowest BCUT2D eigenvalue weighted by molar-refractivity contribution is -0.190. The molecular formula is C19H25F3N2O12S. The molecule has 1 rings (SSSR count). The number of carbonyl (C=O) groups is 5. The van der Waals surface area contributed by atoms with Crippen molar-refractivity contribution < 1.29 is 69.2 Å². The first-order valence-corrected chi connectivity index (χ1v) is 12.0. The second kappa shape index (κ2) is 12.7. The Labute approximate surface area is 208 Å². The van der Waals surface area contributed by atoms with Gasteiger partial charge in [-0.15, -0.1) is 0 Å². The van der Waals surface area contributed by atoms with Crippen LogP contribution >= 0.6 is 0 Å². The number of carbonyl (C=O) groups excluding carboxylic acids is 5. The number of alkyl halides is 3. The third-order valence-electron chi connectivity index (χ3n) is 4.39. The molecule has 0 aromatic heterocycles. The fourth-order valence-corrected chi connectivity index (χ4v) is 3.84. The topological polar surface area (TPSA) is 190 Å². The second-order valence-corrected chi connectivity index (χ2v) is 9.32. The van der Waals surface area contributed by atoms with Crippen molar-refractivity contribution in [2.24, 2.45) is 0 Å². The lowest BCUT2D eigenvalue weighted by Crippen LogP contribution is -2.65. The second-order valence-electron chi connectivity index (χ2n) is 7.54. The Bertz CT molecular complexity index is 1040. The summed E-state index contributed by atoms with van der Waals surface area (Å²) in [5, 5.41) is 1.53. The summed E-state index contributed by atoms with van der Waals surface area (Å²) in [4.78, 5) is 58.9. The minimum Gasteiger partial charge on any atom is -0.477 e. The van der Waals surface area contributed by atoms with E-state index < -0.39 is 88.7 Å². The molecule has 0 bridgehead atoms. The van der Waals surface area contributed by atoms with E-state index in [1.54, 1.807) is 0 Å². The van der Waals surface area contributed by atoms with E-state index in [0.29, 0.717) is 6.26 Å². The van der Waals surface area contributed by atoms with E-state index in [2.05, 4.69) is 4.74 Å². The van der Waals surface area contributed by atoms with Crippen LogP contribution in [0.5, 0.6) is 0 Å². The number of methoxy groups -OCH3 is 1. The smallest absolute Gasteiger partial charge is 0.471 e. The van der Waals surface area contributed by atoms with Gasteiger partial charge in [-0.2, -0.15) is 13.2 Å². The summed E-state index contributed by atoms with van der Waals surface area (Å²) >= 11 is 0. The van der Waals surface area contributed by atoms with Crippen LogP contribution in [0, 0.1) is 0 Å². The Hall–Kier alpha value is -3.41. The number of rotatable bonds is 10. The number of hydrogen-bond donors (Lipinski definition) is 2. The summed E-state index contributed by atoms with van der Waals surface area (Å²) in [6.07, 6.45) is -9.85. The van der Waals surface area contributed by atoms with Crippen LogP contribution in [0.15, 0.2) is 11.8 Å². The third kappa shape index (κ3) is 10.2. The van der Waals surface area contributed by atoms with Gasteiger partial charge in [0.15, 0.2) is 18.3 Å². The molecule has 1 heterocycles. The largest absolute Gasteiger partial charge is 0.477 e. The number of ether oxygens (including phenoxy) is 5. The Balaban J connectivity index is 3.78. The van der Waals surface area contributed by atoms with Gasteiger partial charge >= 0.3 is 36.0 Å². The van der Waals surface area contributed by atoms with Crippen molar-refractivity contribution in [3.63, 3.8) is 0 Å². The molecule has 0 aromatic rings. The van der Waals surface area contributed by atoms with Crippen molar-refractivity contribution >= 4 is 39.8 Å². The van der Waals surface area contributed by atoms with E-state index in [0.717, 1.165) is 34.0 Å².